The molecule has 4 rings (SSSR count). The number of rotatable bonds is 6. The van der Waals surface area contributed by atoms with Crippen LogP contribution >= 0.6 is 23.2 Å². The van der Waals surface area contributed by atoms with E-state index in [1.54, 1.807) is 18.2 Å². The van der Waals surface area contributed by atoms with Crippen molar-refractivity contribution >= 4 is 40.8 Å². The number of benzene rings is 2. The number of hydrogen-bond acceptors (Lipinski definition) is 5. The van der Waals surface area contributed by atoms with Crippen molar-refractivity contribution in [2.45, 2.75) is 29.3 Å². The number of hydrogen-bond donors (Lipinski definition) is 1. The summed E-state index contributed by atoms with van der Waals surface area (Å²) < 4.78 is 48.5. The Hall–Kier alpha value is -3.04. The summed E-state index contributed by atoms with van der Waals surface area (Å²) in [7, 11) is 1.03. The van der Waals surface area contributed by atoms with Gasteiger partial charge in [-0.3, -0.25) is 4.79 Å². The normalized spacial score (nSPS) is 14.1. The number of alkyl halides is 5. The molecule has 0 bridgehead atoms. The van der Waals surface area contributed by atoms with Gasteiger partial charge in [-0.05, 0) is 42.5 Å². The van der Waals surface area contributed by atoms with Gasteiger partial charge in [-0.25, -0.2) is 4.79 Å². The third-order valence-electron chi connectivity index (χ3n) is 5.32. The fourth-order valence-electron chi connectivity index (χ4n) is 3.54. The number of aromatic nitrogens is 1. The van der Waals surface area contributed by atoms with Crippen molar-refractivity contribution in [3.63, 3.8) is 0 Å². The fraction of sp³-hybridized carbons (Fsp3) is 0.261. The molecular weight excluding hydrogens is 496 g/mol. The molecule has 0 saturated heterocycles. The summed E-state index contributed by atoms with van der Waals surface area (Å²) in [6.45, 7) is 0. The zero-order valence-electron chi connectivity index (χ0n) is 17.6. The third kappa shape index (κ3) is 4.76. The van der Waals surface area contributed by atoms with Crippen LogP contribution in [0.3, 0.4) is 0 Å². The fourth-order valence-corrected chi connectivity index (χ4v) is 3.79. The Morgan fingerprint density at radius 2 is 1.82 bits per heavy atom. The van der Waals surface area contributed by atoms with Gasteiger partial charge in [-0.1, -0.05) is 52.6 Å². The molecule has 1 amide bonds. The smallest absolute Gasteiger partial charge is 0.417 e. The van der Waals surface area contributed by atoms with Crippen LogP contribution in [0.5, 0.6) is 0 Å². The van der Waals surface area contributed by atoms with E-state index in [0.717, 1.165) is 26.0 Å². The number of methoxy groups -OCH3 is 1. The predicted molar refractivity (Wildman–Crippen MR) is 119 cm³/mol. The molecule has 1 N–H and O–H groups in total. The maximum atomic E-state index is 13.7. The van der Waals surface area contributed by atoms with E-state index < -0.39 is 27.9 Å². The van der Waals surface area contributed by atoms with Crippen molar-refractivity contribution in [2.24, 2.45) is 0 Å². The number of esters is 1. The Kier molecular flexibility index (Phi) is 6.35. The molecule has 1 heterocycles. The highest BCUT2D eigenvalue weighted by Gasteiger charge is 2.44. The van der Waals surface area contributed by atoms with Crippen LogP contribution in [-0.4, -0.2) is 28.5 Å². The van der Waals surface area contributed by atoms with E-state index in [0.29, 0.717) is 11.1 Å². The zero-order valence-corrected chi connectivity index (χ0v) is 19.1. The number of amides is 1. The number of carbonyl (C=O) groups is 2. The molecule has 0 unspecified atom stereocenters. The van der Waals surface area contributed by atoms with E-state index in [1.807, 2.05) is 0 Å². The minimum absolute atomic E-state index is 0.00380. The maximum absolute atomic E-state index is 13.7. The second kappa shape index (κ2) is 8.96. The molecule has 2 aromatic carbocycles. The molecule has 34 heavy (non-hydrogen) atoms. The monoisotopic (exact) mass is 512 g/mol. The van der Waals surface area contributed by atoms with Gasteiger partial charge in [0.15, 0.2) is 5.76 Å². The summed E-state index contributed by atoms with van der Waals surface area (Å²) >= 11 is 11.5. The summed E-state index contributed by atoms with van der Waals surface area (Å²) in [4.78, 5) is 23.9. The van der Waals surface area contributed by atoms with Gasteiger partial charge in [0.05, 0.1) is 12.7 Å². The third-order valence-corrected chi connectivity index (χ3v) is 5.97. The molecule has 1 fully saturated rings. The summed E-state index contributed by atoms with van der Waals surface area (Å²) in [6.07, 6.45) is -2.93. The van der Waals surface area contributed by atoms with Crippen LogP contribution in [0.1, 0.15) is 29.9 Å². The van der Waals surface area contributed by atoms with Crippen LogP contribution in [0.4, 0.5) is 18.9 Å². The van der Waals surface area contributed by atoms with Crippen LogP contribution in [0.25, 0.3) is 22.6 Å². The van der Waals surface area contributed by atoms with E-state index in [2.05, 4.69) is 15.2 Å². The lowest BCUT2D eigenvalue weighted by Gasteiger charge is -2.16. The molecule has 11 heteroatoms. The molecule has 1 saturated carbocycles. The minimum Gasteiger partial charge on any atom is -0.466 e. The van der Waals surface area contributed by atoms with E-state index in [9.17, 15) is 22.8 Å². The standard InChI is InChI=1S/C23H17Cl2F3N2O4/c1-33-21(32)22(24,25)20(31)29-14-5-2-4-13(10-14)18-11-17(30-34-18)19-15(12-8-9-12)6-3-7-16(19)23(26,27)28/h2-7,10-12H,8-9H2,1H3,(H,29,31). The molecule has 0 radical (unpaired) electrons. The SMILES string of the molecule is COC(=O)C(Cl)(Cl)C(=O)Nc1cccc(-c2cc(-c3c(C4CC4)cccc3C(F)(F)F)no2)c1. The molecule has 1 aliphatic carbocycles. The van der Waals surface area contributed by atoms with Crippen LogP contribution in [0, 0.1) is 0 Å². The van der Waals surface area contributed by atoms with Gasteiger partial charge >= 0.3 is 12.1 Å². The lowest BCUT2D eigenvalue weighted by atomic mass is 9.94. The molecule has 0 spiro atoms. The van der Waals surface area contributed by atoms with Crippen LogP contribution in [0.15, 0.2) is 53.1 Å². The topological polar surface area (TPSA) is 81.4 Å². The molecular formula is C23H17Cl2F3N2O4. The Balaban J connectivity index is 1.66. The lowest BCUT2D eigenvalue weighted by Crippen LogP contribution is -2.40. The van der Waals surface area contributed by atoms with Crippen molar-refractivity contribution in [1.82, 2.24) is 5.16 Å². The van der Waals surface area contributed by atoms with Crippen molar-refractivity contribution in [1.29, 1.82) is 0 Å². The minimum atomic E-state index is -4.56. The largest absolute Gasteiger partial charge is 0.466 e. The summed E-state index contributed by atoms with van der Waals surface area (Å²) in [5, 5.41) is 6.30. The van der Waals surface area contributed by atoms with E-state index >= 15 is 0 Å². The van der Waals surface area contributed by atoms with Crippen molar-refractivity contribution in [3.05, 3.63) is 59.7 Å². The molecule has 0 atom stereocenters. The van der Waals surface area contributed by atoms with Crippen LogP contribution < -0.4 is 5.32 Å². The number of anilines is 1. The summed E-state index contributed by atoms with van der Waals surface area (Å²) in [5.41, 5.74) is 0.501. The molecule has 6 nitrogen and oxygen atoms in total. The number of carbonyl (C=O) groups excluding carboxylic acids is 2. The lowest BCUT2D eigenvalue weighted by molar-refractivity contribution is -0.144. The number of nitrogens with zero attached hydrogens (tertiary/aromatic N) is 1. The van der Waals surface area contributed by atoms with E-state index in [4.69, 9.17) is 27.7 Å². The Bertz CT molecular complexity index is 1250. The average Bonchev–Trinajstić information content (AvgIpc) is 3.53. The number of nitrogens with one attached hydrogen (secondary N) is 1. The second-order valence-electron chi connectivity index (χ2n) is 7.72. The molecule has 178 valence electrons. The predicted octanol–water partition coefficient (Wildman–Crippen LogP) is 6.19. The van der Waals surface area contributed by atoms with Gasteiger partial charge in [-0.2, -0.15) is 13.2 Å². The first-order valence-electron chi connectivity index (χ1n) is 10.1. The van der Waals surface area contributed by atoms with Gasteiger partial charge < -0.3 is 14.6 Å². The number of ether oxygens (including phenoxy) is 1. The van der Waals surface area contributed by atoms with Gasteiger partial charge in [0.2, 0.25) is 0 Å². The van der Waals surface area contributed by atoms with Gasteiger partial charge in [0, 0.05) is 22.9 Å². The molecule has 3 aromatic rings. The average molecular weight is 513 g/mol. The van der Waals surface area contributed by atoms with E-state index in [-0.39, 0.29) is 28.6 Å². The number of halogens is 5. The van der Waals surface area contributed by atoms with Gasteiger partial charge in [0.1, 0.15) is 5.69 Å². The highest BCUT2D eigenvalue weighted by Crippen LogP contribution is 2.48. The highest BCUT2D eigenvalue weighted by atomic mass is 35.5. The first kappa shape index (κ1) is 24.1. The van der Waals surface area contributed by atoms with Crippen LogP contribution in [0.2, 0.25) is 0 Å². The van der Waals surface area contributed by atoms with Gasteiger partial charge in [-0.15, -0.1) is 0 Å². The molecule has 0 aliphatic heterocycles. The summed E-state index contributed by atoms with van der Waals surface area (Å²) in [5.74, 6) is -1.96. The second-order valence-corrected chi connectivity index (χ2v) is 9.05. The van der Waals surface area contributed by atoms with E-state index in [1.165, 1.54) is 24.3 Å². The Labute approximate surface area is 202 Å². The Morgan fingerprint density at radius 3 is 2.47 bits per heavy atom. The maximum Gasteiger partial charge on any atom is 0.417 e. The van der Waals surface area contributed by atoms with Gasteiger partial charge in [0.25, 0.3) is 10.2 Å². The first-order valence-corrected chi connectivity index (χ1v) is 10.8. The highest BCUT2D eigenvalue weighted by molar-refractivity contribution is 6.67. The van der Waals surface area contributed by atoms with Crippen molar-refractivity contribution in [3.8, 4) is 22.6 Å². The first-order chi connectivity index (χ1) is 16.0. The molecule has 1 aliphatic rings. The summed E-state index contributed by atoms with van der Waals surface area (Å²) in [6, 6.07) is 11.7. The molecule has 1 aromatic heterocycles. The van der Waals surface area contributed by atoms with Crippen LogP contribution in [-0.2, 0) is 20.5 Å². The quantitative estimate of drug-likeness (QED) is 0.242. The Morgan fingerprint density at radius 1 is 1.12 bits per heavy atom. The van der Waals surface area contributed by atoms with Crippen molar-refractivity contribution < 1.29 is 32.0 Å². The van der Waals surface area contributed by atoms with Crippen molar-refractivity contribution in [2.75, 3.05) is 12.4 Å². The zero-order chi connectivity index (χ0) is 24.7.